The molecule has 0 amide bonds. The molecule has 0 aliphatic heterocycles. The van der Waals surface area contributed by atoms with Crippen molar-refractivity contribution < 1.29 is 17.7 Å². The van der Waals surface area contributed by atoms with Crippen LogP contribution in [0.4, 0.5) is 4.39 Å². The Bertz CT molecular complexity index is 2470. The van der Waals surface area contributed by atoms with Crippen LogP contribution in [0.15, 0.2) is 92.1 Å². The topological polar surface area (TPSA) is 173 Å². The Morgan fingerprint density at radius 2 is 1.35 bits per heavy atom. The van der Waals surface area contributed by atoms with E-state index in [0.29, 0.717) is 13.4 Å². The van der Waals surface area contributed by atoms with Gasteiger partial charge in [0.25, 0.3) is 10.7 Å². The monoisotopic (exact) mass is 1180 g/mol. The largest absolute Gasteiger partial charge is 0.436 e. The quantitative estimate of drug-likeness (QED) is 0.142. The van der Waals surface area contributed by atoms with Crippen molar-refractivity contribution in [3.8, 4) is 0 Å². The molecule has 0 radical (unpaired) electrons. The molecule has 0 spiro atoms. The third-order valence-electron chi connectivity index (χ3n) is 7.40. The van der Waals surface area contributed by atoms with Crippen molar-refractivity contribution in [2.24, 2.45) is 7.05 Å². The molecule has 390 valence electrons. The SMILES string of the molecule is CCc1cnc(Cl)s1.Cc1cc(C)on1.Cc1ccc(F)nc1.Cc1cnc(C)s1.Cc1cnc(Cl)o1.Cc1cncs1.Cc1cnn(C)c1.Cc1coc(Cl)n1.Cc1csc(Cl)n1.Cc1nc(Cl)sc1C. The molecule has 0 aromatic carbocycles. The molecule has 10 rings (SSSR count). The van der Waals surface area contributed by atoms with Gasteiger partial charge in [-0.15, -0.1) is 56.7 Å². The highest BCUT2D eigenvalue weighted by molar-refractivity contribution is 7.16. The second-order valence-electron chi connectivity index (χ2n) is 14.3. The molecule has 14 nitrogen and oxygen atoms in total. The van der Waals surface area contributed by atoms with E-state index in [2.05, 4.69) is 68.4 Å². The fraction of sp³-hybridized carbons (Fsp3) is 0.319. The van der Waals surface area contributed by atoms with Crippen molar-refractivity contribution >= 4 is 115 Å². The molecule has 10 aromatic rings. The van der Waals surface area contributed by atoms with Crippen LogP contribution in [0.1, 0.15) is 76.9 Å². The fourth-order valence-corrected chi connectivity index (χ4v) is 8.33. The minimum absolute atomic E-state index is 0.206. The van der Waals surface area contributed by atoms with Crippen molar-refractivity contribution in [1.29, 1.82) is 0 Å². The molecule has 0 saturated carbocycles. The Kier molecular flexibility index (Phi) is 33.9. The minimum Gasteiger partial charge on any atom is -0.436 e. The Morgan fingerprint density at radius 3 is 1.53 bits per heavy atom. The van der Waals surface area contributed by atoms with Crippen LogP contribution in [-0.4, -0.2) is 54.8 Å². The first-order valence-electron chi connectivity index (χ1n) is 21.0. The summed E-state index contributed by atoms with van der Waals surface area (Å²) in [4.78, 5) is 35.4. The maximum absolute atomic E-state index is 12.0. The molecule has 0 fully saturated rings. The number of rotatable bonds is 1. The first-order chi connectivity index (χ1) is 33.9. The standard InChI is InChI=1S/C6H6FN.2C5H6ClNS.C5H8N2.C5H7NO.C5H7NS.2C4H4ClNO.C4H4ClNS.C4H5NS/c1-5-2-3-6(7)8-4-5;1-3-4(2)8-5(6)7-3;1-2-4-3-7-5(6)8-4;1-5-3-6-7(2)4-5;1-4-3-5(2)7-6-4;1-4-3-6-5(2)7-4;1-3-2-7-4(5)6-3;1-3-2-6-4(5)7-3;1-3-2-7-4(5)6-3;1-4-2-5-3-6-4/h2-4H,1H3;1-2H3;3H,2H2,1H3;3-4H,1-2H3;2*3H,1-2H3;3*2H,1H3;2-3H,1H3. The molecule has 0 bridgehead atoms. The van der Waals surface area contributed by atoms with Gasteiger partial charge in [-0.2, -0.15) is 9.49 Å². The summed E-state index contributed by atoms with van der Waals surface area (Å²) in [7, 11) is 1.91. The van der Waals surface area contributed by atoms with Gasteiger partial charge in [-0.05, 0) is 130 Å². The summed E-state index contributed by atoms with van der Waals surface area (Å²) < 4.78 is 29.7. The van der Waals surface area contributed by atoms with Gasteiger partial charge in [0.15, 0.2) is 13.4 Å². The smallest absolute Gasteiger partial charge is 0.292 e. The summed E-state index contributed by atoms with van der Waals surface area (Å²) in [5.74, 6) is 1.19. The average molecular weight is 1180 g/mol. The number of thiazole rings is 5. The summed E-state index contributed by atoms with van der Waals surface area (Å²) >= 11 is 35.1. The zero-order valence-corrected chi connectivity index (χ0v) is 50.0. The van der Waals surface area contributed by atoms with Crippen LogP contribution in [0.2, 0.25) is 24.1 Å². The molecule has 0 aliphatic rings. The van der Waals surface area contributed by atoms with Crippen LogP contribution in [-0.2, 0) is 13.5 Å². The number of pyridine rings is 1. The third-order valence-corrected chi connectivity index (χ3v) is 12.8. The lowest BCUT2D eigenvalue weighted by Crippen LogP contribution is -1.83. The normalized spacial score (nSPS) is 9.44. The van der Waals surface area contributed by atoms with E-state index in [1.165, 1.54) is 66.3 Å². The van der Waals surface area contributed by atoms with Gasteiger partial charge in [-0.1, -0.05) is 52.9 Å². The lowest BCUT2D eigenvalue weighted by atomic mass is 10.3. The molecule has 72 heavy (non-hydrogen) atoms. The Balaban J connectivity index is 0.000000400. The molecule has 0 aliphatic carbocycles. The number of halogens is 6. The van der Waals surface area contributed by atoms with E-state index in [9.17, 15) is 4.39 Å². The van der Waals surface area contributed by atoms with Crippen molar-refractivity contribution in [3.05, 3.63) is 179 Å². The summed E-state index contributed by atoms with van der Waals surface area (Å²) in [5.41, 5.74) is 7.81. The van der Waals surface area contributed by atoms with Crippen LogP contribution in [0.3, 0.4) is 0 Å². The third kappa shape index (κ3) is 34.0. The molecular formula is C47H57Cl5FN11O3S5. The van der Waals surface area contributed by atoms with Gasteiger partial charge in [0, 0.05) is 74.7 Å². The molecule has 0 atom stereocenters. The van der Waals surface area contributed by atoms with Crippen molar-refractivity contribution in [2.45, 2.75) is 96.4 Å². The van der Waals surface area contributed by atoms with E-state index in [4.69, 9.17) is 66.9 Å². The summed E-state index contributed by atoms with van der Waals surface area (Å²) in [6.07, 6.45) is 15.0. The highest BCUT2D eigenvalue weighted by Gasteiger charge is 1.98. The van der Waals surface area contributed by atoms with E-state index < -0.39 is 5.95 Å². The number of aromatic nitrogens is 11. The zero-order chi connectivity index (χ0) is 54.2. The van der Waals surface area contributed by atoms with Crippen LogP contribution in [0.5, 0.6) is 0 Å². The zero-order valence-electron chi connectivity index (χ0n) is 42.2. The summed E-state index contributed by atoms with van der Waals surface area (Å²) in [5, 5.41) is 11.1. The Morgan fingerprint density at radius 1 is 0.625 bits per heavy atom. The predicted molar refractivity (Wildman–Crippen MR) is 299 cm³/mol. The number of hydrogen-bond acceptors (Lipinski definition) is 18. The minimum atomic E-state index is -0.421. The van der Waals surface area contributed by atoms with Gasteiger partial charge >= 0.3 is 0 Å². The van der Waals surface area contributed by atoms with E-state index in [1.54, 1.807) is 57.9 Å². The maximum atomic E-state index is 12.0. The number of hydrogen-bond donors (Lipinski definition) is 0. The predicted octanol–water partition coefficient (Wildman–Crippen LogP) is 16.9. The molecule has 25 heteroatoms. The van der Waals surface area contributed by atoms with Crippen molar-refractivity contribution in [3.63, 3.8) is 0 Å². The molecule has 0 unspecified atom stereocenters. The fourth-order valence-electron chi connectivity index (χ4n) is 4.09. The maximum Gasteiger partial charge on any atom is 0.292 e. The van der Waals surface area contributed by atoms with Crippen LogP contribution in [0.25, 0.3) is 0 Å². The second-order valence-corrected chi connectivity index (χ2v) is 22.4. The lowest BCUT2D eigenvalue weighted by molar-refractivity contribution is 0.393. The van der Waals surface area contributed by atoms with Crippen molar-refractivity contribution in [2.75, 3.05) is 0 Å². The first kappa shape index (κ1) is 65.5. The van der Waals surface area contributed by atoms with Crippen LogP contribution < -0.4 is 0 Å². The highest BCUT2D eigenvalue weighted by Crippen LogP contribution is 2.20. The average Bonchev–Trinajstić information content (AvgIpc) is 4.20. The van der Waals surface area contributed by atoms with E-state index in [0.717, 1.165) is 51.3 Å². The van der Waals surface area contributed by atoms with E-state index in [1.807, 2.05) is 124 Å². The Hall–Kier alpha value is -4.48. The molecular weight excluding hydrogens is 1120 g/mol. The van der Waals surface area contributed by atoms with Gasteiger partial charge < -0.3 is 13.4 Å². The second kappa shape index (κ2) is 37.3. The Labute approximate surface area is 465 Å². The number of oxazole rings is 2. The van der Waals surface area contributed by atoms with Crippen LogP contribution in [0, 0.1) is 89.0 Å². The number of aryl methyl sites for hydroxylation is 14. The molecule has 0 saturated heterocycles. The molecule has 10 aromatic heterocycles. The molecule has 10 heterocycles. The molecule has 0 N–H and O–H groups in total. The number of nitrogens with zero attached hydrogens (tertiary/aromatic N) is 11. The van der Waals surface area contributed by atoms with Crippen LogP contribution >= 0.6 is 115 Å². The van der Waals surface area contributed by atoms with Gasteiger partial charge in [0.05, 0.1) is 40.0 Å². The van der Waals surface area contributed by atoms with Gasteiger partial charge in [0.2, 0.25) is 5.95 Å². The van der Waals surface area contributed by atoms with Gasteiger partial charge in [0.1, 0.15) is 17.8 Å². The van der Waals surface area contributed by atoms with Gasteiger partial charge in [-0.3, -0.25) is 9.67 Å². The lowest BCUT2D eigenvalue weighted by Gasteiger charge is -1.86. The van der Waals surface area contributed by atoms with E-state index >= 15 is 0 Å². The highest BCUT2D eigenvalue weighted by atomic mass is 35.5. The van der Waals surface area contributed by atoms with E-state index in [-0.39, 0.29) is 10.7 Å². The van der Waals surface area contributed by atoms with Gasteiger partial charge in [-0.25, -0.2) is 34.9 Å². The first-order valence-corrected chi connectivity index (χ1v) is 27.1. The summed E-state index contributed by atoms with van der Waals surface area (Å²) in [6, 6.07) is 4.91. The van der Waals surface area contributed by atoms with Crippen molar-refractivity contribution in [1.82, 2.24) is 54.8 Å². The summed E-state index contributed by atoms with van der Waals surface area (Å²) in [6.45, 7) is 25.4.